The van der Waals surface area contributed by atoms with E-state index in [1.54, 1.807) is 11.0 Å². The third-order valence-electron chi connectivity index (χ3n) is 3.71. The maximum Gasteiger partial charge on any atom is 0.416 e. The smallest absolute Gasteiger partial charge is 0.299 e. The van der Waals surface area contributed by atoms with Crippen LogP contribution in [0.1, 0.15) is 24.0 Å². The van der Waals surface area contributed by atoms with Crippen molar-refractivity contribution in [3.63, 3.8) is 0 Å². The molecule has 1 aromatic carbocycles. The van der Waals surface area contributed by atoms with Crippen LogP contribution in [0.3, 0.4) is 0 Å². The predicted molar refractivity (Wildman–Crippen MR) is 83.4 cm³/mol. The monoisotopic (exact) mass is 356 g/mol. The molecule has 0 atom stereocenters. The van der Waals surface area contributed by atoms with E-state index < -0.39 is 11.7 Å². The minimum atomic E-state index is -4.40. The molecule has 1 saturated carbocycles. The van der Waals surface area contributed by atoms with Crippen molar-refractivity contribution >= 4 is 22.4 Å². The number of nitrogens with one attached hydrogen (secondary N) is 1. The largest absolute Gasteiger partial charge is 0.416 e. The van der Waals surface area contributed by atoms with Crippen molar-refractivity contribution in [2.24, 2.45) is 0 Å². The van der Waals surface area contributed by atoms with Crippen LogP contribution in [0, 0.1) is 0 Å². The van der Waals surface area contributed by atoms with Crippen LogP contribution in [0.4, 0.5) is 18.3 Å². The van der Waals surface area contributed by atoms with Gasteiger partial charge in [0.1, 0.15) is 5.51 Å². The Kier molecular flexibility index (Phi) is 4.81. The first-order chi connectivity index (χ1) is 11.4. The molecule has 24 heavy (non-hydrogen) atoms. The van der Waals surface area contributed by atoms with Crippen molar-refractivity contribution in [1.82, 2.24) is 15.1 Å². The highest BCUT2D eigenvalue weighted by molar-refractivity contribution is 7.13. The Morgan fingerprint density at radius 3 is 2.71 bits per heavy atom. The maximum absolute atomic E-state index is 13.1. The lowest BCUT2D eigenvalue weighted by Gasteiger charge is -2.23. The van der Waals surface area contributed by atoms with Crippen LogP contribution < -0.4 is 5.32 Å². The van der Waals surface area contributed by atoms with Crippen molar-refractivity contribution < 1.29 is 18.0 Å². The Labute approximate surface area is 140 Å². The van der Waals surface area contributed by atoms with E-state index in [0.29, 0.717) is 5.13 Å². The summed E-state index contributed by atoms with van der Waals surface area (Å²) in [5, 5.41) is 10.3. The van der Waals surface area contributed by atoms with E-state index in [9.17, 15) is 18.0 Å². The third-order valence-corrected chi connectivity index (χ3v) is 4.32. The second kappa shape index (κ2) is 6.86. The number of carbonyl (C=O) groups is 1. The summed E-state index contributed by atoms with van der Waals surface area (Å²) in [7, 11) is 0. The van der Waals surface area contributed by atoms with Crippen LogP contribution in [0.15, 0.2) is 29.8 Å². The van der Waals surface area contributed by atoms with Gasteiger partial charge in [0.2, 0.25) is 11.0 Å². The molecule has 1 fully saturated rings. The fourth-order valence-electron chi connectivity index (χ4n) is 2.48. The van der Waals surface area contributed by atoms with E-state index in [-0.39, 0.29) is 30.6 Å². The molecule has 0 spiro atoms. The second-order valence-corrected chi connectivity index (χ2v) is 6.42. The van der Waals surface area contributed by atoms with Gasteiger partial charge < -0.3 is 0 Å². The standard InChI is InChI=1S/C15H15F3N4OS/c16-15(17,18)12-4-2-1-3-10(12)7-22(11-5-6-11)8-13(23)20-14-21-19-9-24-14/h1-4,9,11H,5-8H2,(H,20,21,23). The summed E-state index contributed by atoms with van der Waals surface area (Å²) < 4.78 is 39.4. The first kappa shape index (κ1) is 16.8. The number of benzene rings is 1. The molecule has 128 valence electrons. The van der Waals surface area contributed by atoms with Crippen LogP contribution in [-0.2, 0) is 17.5 Å². The Morgan fingerprint density at radius 1 is 1.33 bits per heavy atom. The number of anilines is 1. The predicted octanol–water partition coefficient (Wildman–Crippen LogP) is 3.16. The van der Waals surface area contributed by atoms with Gasteiger partial charge in [0.25, 0.3) is 0 Å². The number of hydrogen-bond donors (Lipinski definition) is 1. The number of alkyl halides is 3. The summed E-state index contributed by atoms with van der Waals surface area (Å²) in [6.07, 6.45) is -2.62. The first-order valence-electron chi connectivity index (χ1n) is 7.38. The molecule has 0 radical (unpaired) electrons. The molecule has 1 aliphatic rings. The molecule has 1 amide bonds. The van der Waals surface area contributed by atoms with Gasteiger partial charge in [0.15, 0.2) is 0 Å². The number of amides is 1. The highest BCUT2D eigenvalue weighted by Crippen LogP contribution is 2.34. The van der Waals surface area contributed by atoms with Crippen LogP contribution in [-0.4, -0.2) is 33.6 Å². The van der Waals surface area contributed by atoms with Gasteiger partial charge >= 0.3 is 6.18 Å². The van der Waals surface area contributed by atoms with E-state index in [1.807, 2.05) is 0 Å². The highest BCUT2D eigenvalue weighted by atomic mass is 32.1. The molecule has 1 N–H and O–H groups in total. The Morgan fingerprint density at radius 2 is 2.08 bits per heavy atom. The van der Waals surface area contributed by atoms with Gasteiger partial charge in [-0.15, -0.1) is 10.2 Å². The van der Waals surface area contributed by atoms with Crippen LogP contribution in [0.5, 0.6) is 0 Å². The molecule has 0 bridgehead atoms. The molecular weight excluding hydrogens is 341 g/mol. The lowest BCUT2D eigenvalue weighted by atomic mass is 10.1. The van der Waals surface area contributed by atoms with Gasteiger partial charge in [0.05, 0.1) is 12.1 Å². The van der Waals surface area contributed by atoms with Crippen LogP contribution >= 0.6 is 11.3 Å². The number of rotatable bonds is 6. The lowest BCUT2D eigenvalue weighted by molar-refractivity contribution is -0.138. The number of halogens is 3. The van der Waals surface area contributed by atoms with E-state index >= 15 is 0 Å². The maximum atomic E-state index is 13.1. The third kappa shape index (κ3) is 4.30. The summed E-state index contributed by atoms with van der Waals surface area (Å²) >= 11 is 1.19. The molecule has 1 heterocycles. The molecule has 0 saturated heterocycles. The molecule has 9 heteroatoms. The fraction of sp³-hybridized carbons (Fsp3) is 0.400. The molecular formula is C15H15F3N4OS. The van der Waals surface area contributed by atoms with Gasteiger partial charge in [-0.2, -0.15) is 13.2 Å². The molecule has 1 aromatic heterocycles. The quantitative estimate of drug-likeness (QED) is 0.864. The zero-order valence-corrected chi connectivity index (χ0v) is 13.4. The molecule has 0 aliphatic heterocycles. The summed E-state index contributed by atoms with van der Waals surface area (Å²) in [6, 6.07) is 5.63. The van der Waals surface area contributed by atoms with Gasteiger partial charge in [-0.05, 0) is 24.5 Å². The zero-order chi connectivity index (χ0) is 17.2. The molecule has 3 rings (SSSR count). The normalized spacial score (nSPS) is 14.8. The average Bonchev–Trinajstić information content (AvgIpc) is 3.25. The van der Waals surface area contributed by atoms with E-state index in [2.05, 4.69) is 15.5 Å². The van der Waals surface area contributed by atoms with Crippen molar-refractivity contribution in [3.8, 4) is 0 Å². The van der Waals surface area contributed by atoms with Crippen molar-refractivity contribution in [2.45, 2.75) is 31.6 Å². The topological polar surface area (TPSA) is 58.1 Å². The minimum Gasteiger partial charge on any atom is -0.299 e. The first-order valence-corrected chi connectivity index (χ1v) is 8.26. The zero-order valence-electron chi connectivity index (χ0n) is 12.6. The van der Waals surface area contributed by atoms with Crippen molar-refractivity contribution in [3.05, 3.63) is 40.9 Å². The van der Waals surface area contributed by atoms with Crippen LogP contribution in [0.25, 0.3) is 0 Å². The number of hydrogen-bond acceptors (Lipinski definition) is 5. The number of carbonyl (C=O) groups excluding carboxylic acids is 1. The second-order valence-electron chi connectivity index (χ2n) is 5.58. The van der Waals surface area contributed by atoms with E-state index in [4.69, 9.17) is 0 Å². The minimum absolute atomic E-state index is 0.0242. The molecule has 0 unspecified atom stereocenters. The van der Waals surface area contributed by atoms with Gasteiger partial charge in [0, 0.05) is 12.6 Å². The molecule has 2 aromatic rings. The summed E-state index contributed by atoms with van der Waals surface area (Å²) in [5.74, 6) is -0.303. The Bertz CT molecular complexity index is 701. The number of aromatic nitrogens is 2. The lowest BCUT2D eigenvalue weighted by Crippen LogP contribution is -2.35. The highest BCUT2D eigenvalue weighted by Gasteiger charge is 2.35. The molecule has 1 aliphatic carbocycles. The SMILES string of the molecule is O=C(CN(Cc1ccccc1C(F)(F)F)C1CC1)Nc1nncs1. The summed E-state index contributed by atoms with van der Waals surface area (Å²) in [5.41, 5.74) is 1.02. The van der Waals surface area contributed by atoms with E-state index in [0.717, 1.165) is 18.9 Å². The van der Waals surface area contributed by atoms with Crippen molar-refractivity contribution in [2.75, 3.05) is 11.9 Å². The average molecular weight is 356 g/mol. The molecule has 5 nitrogen and oxygen atoms in total. The van der Waals surface area contributed by atoms with E-state index in [1.165, 1.54) is 29.0 Å². The van der Waals surface area contributed by atoms with Crippen LogP contribution in [0.2, 0.25) is 0 Å². The van der Waals surface area contributed by atoms with Gasteiger partial charge in [-0.1, -0.05) is 29.5 Å². The summed E-state index contributed by atoms with van der Waals surface area (Å²) in [4.78, 5) is 13.9. The Hall–Kier alpha value is -2.00. The number of nitrogens with zero attached hydrogens (tertiary/aromatic N) is 3. The Balaban J connectivity index is 1.70. The summed E-state index contributed by atoms with van der Waals surface area (Å²) in [6.45, 7) is 0.111. The fourth-order valence-corrected chi connectivity index (χ4v) is 2.94. The van der Waals surface area contributed by atoms with Crippen molar-refractivity contribution in [1.29, 1.82) is 0 Å². The van der Waals surface area contributed by atoms with Gasteiger partial charge in [-0.25, -0.2) is 0 Å². The van der Waals surface area contributed by atoms with Gasteiger partial charge in [-0.3, -0.25) is 15.0 Å².